The first-order valence-electron chi connectivity index (χ1n) is 11.3. The van der Waals surface area contributed by atoms with Crippen molar-refractivity contribution in [1.82, 2.24) is 15.0 Å². The van der Waals surface area contributed by atoms with E-state index >= 15 is 0 Å². The summed E-state index contributed by atoms with van der Waals surface area (Å²) in [6.07, 6.45) is 7.66. The summed E-state index contributed by atoms with van der Waals surface area (Å²) in [7, 11) is 0. The van der Waals surface area contributed by atoms with Crippen LogP contribution in [0.3, 0.4) is 0 Å². The molecule has 0 saturated heterocycles. The highest BCUT2D eigenvalue weighted by Crippen LogP contribution is 2.56. The van der Waals surface area contributed by atoms with Gasteiger partial charge < -0.3 is 14.4 Å². The van der Waals surface area contributed by atoms with Crippen LogP contribution in [-0.4, -0.2) is 34.1 Å². The van der Waals surface area contributed by atoms with Gasteiger partial charge in [0.05, 0.1) is 18.8 Å². The van der Waals surface area contributed by atoms with Gasteiger partial charge in [0.2, 0.25) is 5.91 Å². The molecule has 1 amide bonds. The molecular formula is C27H20N4O3. The van der Waals surface area contributed by atoms with E-state index in [0.717, 1.165) is 51.4 Å². The number of aromatic nitrogens is 3. The summed E-state index contributed by atoms with van der Waals surface area (Å²) in [6.45, 7) is 1.27. The van der Waals surface area contributed by atoms with Crippen molar-refractivity contribution in [2.75, 3.05) is 18.1 Å². The summed E-state index contributed by atoms with van der Waals surface area (Å²) in [5.74, 6) is 1.55. The molecule has 0 N–H and O–H groups in total. The van der Waals surface area contributed by atoms with Gasteiger partial charge in [0.1, 0.15) is 29.8 Å². The van der Waals surface area contributed by atoms with Gasteiger partial charge in [0.15, 0.2) is 0 Å². The molecule has 7 rings (SSSR count). The van der Waals surface area contributed by atoms with Crippen molar-refractivity contribution >= 4 is 11.6 Å². The number of benzene rings is 2. The van der Waals surface area contributed by atoms with E-state index in [4.69, 9.17) is 9.47 Å². The van der Waals surface area contributed by atoms with Crippen LogP contribution in [0, 0.1) is 0 Å². The van der Waals surface area contributed by atoms with Crippen LogP contribution in [0.1, 0.15) is 22.4 Å². The molecule has 1 unspecified atom stereocenters. The van der Waals surface area contributed by atoms with Crippen LogP contribution in [0.5, 0.6) is 11.5 Å². The largest absolute Gasteiger partial charge is 0.493 e. The molecule has 1 atom stereocenters. The number of hydrogen-bond acceptors (Lipinski definition) is 6. The quantitative estimate of drug-likeness (QED) is 0.476. The van der Waals surface area contributed by atoms with Crippen molar-refractivity contribution in [3.05, 3.63) is 95.8 Å². The maximum atomic E-state index is 14.4. The van der Waals surface area contributed by atoms with Gasteiger partial charge in [-0.15, -0.1) is 0 Å². The standard InChI is InChI=1S/C27H20N4O3/c32-26-27(15-34-24-11-23-17(7-9-33-23)10-21(24)27)25-20(18-12-28-16-29-13-18)5-3-6-22(25)31(26)14-19-4-1-2-8-30-19/h1-6,8,10-13,16H,7,9,14-15H2. The van der Waals surface area contributed by atoms with Crippen molar-refractivity contribution in [2.45, 2.75) is 18.4 Å². The van der Waals surface area contributed by atoms with Crippen LogP contribution in [0.25, 0.3) is 11.1 Å². The summed E-state index contributed by atoms with van der Waals surface area (Å²) in [4.78, 5) is 29.2. The summed E-state index contributed by atoms with van der Waals surface area (Å²) < 4.78 is 12.0. The molecule has 0 saturated carbocycles. The van der Waals surface area contributed by atoms with E-state index in [2.05, 4.69) is 21.0 Å². The molecule has 1 spiro atoms. The zero-order valence-corrected chi connectivity index (χ0v) is 18.3. The first-order valence-corrected chi connectivity index (χ1v) is 11.3. The Hall–Kier alpha value is -4.26. The highest BCUT2D eigenvalue weighted by atomic mass is 16.5. The maximum Gasteiger partial charge on any atom is 0.246 e. The van der Waals surface area contributed by atoms with Crippen LogP contribution in [-0.2, 0) is 23.2 Å². The van der Waals surface area contributed by atoms with E-state index in [9.17, 15) is 4.79 Å². The third kappa shape index (κ3) is 2.58. The lowest BCUT2D eigenvalue weighted by molar-refractivity contribution is -0.122. The summed E-state index contributed by atoms with van der Waals surface area (Å²) in [5, 5.41) is 0. The van der Waals surface area contributed by atoms with Crippen LogP contribution < -0.4 is 14.4 Å². The molecule has 0 aliphatic carbocycles. The molecule has 7 nitrogen and oxygen atoms in total. The van der Waals surface area contributed by atoms with Gasteiger partial charge in [0.25, 0.3) is 0 Å². The van der Waals surface area contributed by atoms with Crippen molar-refractivity contribution in [1.29, 1.82) is 0 Å². The number of rotatable bonds is 3. The molecule has 7 heteroatoms. The van der Waals surface area contributed by atoms with E-state index in [0.29, 0.717) is 18.9 Å². The van der Waals surface area contributed by atoms with Gasteiger partial charge in [-0.25, -0.2) is 9.97 Å². The maximum absolute atomic E-state index is 14.4. The van der Waals surface area contributed by atoms with E-state index in [1.165, 1.54) is 6.33 Å². The highest BCUT2D eigenvalue weighted by Gasteiger charge is 2.58. The summed E-state index contributed by atoms with van der Waals surface area (Å²) in [6, 6.07) is 15.8. The second-order valence-corrected chi connectivity index (χ2v) is 8.79. The lowest BCUT2D eigenvalue weighted by Gasteiger charge is -2.24. The predicted molar refractivity (Wildman–Crippen MR) is 125 cm³/mol. The van der Waals surface area contributed by atoms with Crippen molar-refractivity contribution in [3.8, 4) is 22.6 Å². The van der Waals surface area contributed by atoms with E-state index in [1.807, 2.05) is 47.4 Å². The first kappa shape index (κ1) is 19.2. The molecule has 0 fully saturated rings. The van der Waals surface area contributed by atoms with Gasteiger partial charge in [0, 0.05) is 53.5 Å². The van der Waals surface area contributed by atoms with Gasteiger partial charge >= 0.3 is 0 Å². The molecular weight excluding hydrogens is 428 g/mol. The fourth-order valence-electron chi connectivity index (χ4n) is 5.46. The fourth-order valence-corrected chi connectivity index (χ4v) is 5.46. The Balaban J connectivity index is 1.48. The topological polar surface area (TPSA) is 77.4 Å². The normalized spacial score (nSPS) is 19.5. The smallest absolute Gasteiger partial charge is 0.246 e. The molecule has 166 valence electrons. The van der Waals surface area contributed by atoms with Gasteiger partial charge in [-0.2, -0.15) is 0 Å². The average Bonchev–Trinajstić information content (AvgIpc) is 3.56. The molecule has 0 radical (unpaired) electrons. The molecule has 2 aromatic heterocycles. The number of amides is 1. The monoisotopic (exact) mass is 448 g/mol. The fraction of sp³-hybridized carbons (Fsp3) is 0.185. The molecule has 0 bridgehead atoms. The number of anilines is 1. The van der Waals surface area contributed by atoms with Crippen LogP contribution in [0.4, 0.5) is 5.69 Å². The summed E-state index contributed by atoms with van der Waals surface area (Å²) >= 11 is 0. The van der Waals surface area contributed by atoms with Crippen molar-refractivity contribution in [2.24, 2.45) is 0 Å². The zero-order chi connectivity index (χ0) is 22.7. The van der Waals surface area contributed by atoms with E-state index in [1.54, 1.807) is 18.6 Å². The van der Waals surface area contributed by atoms with Gasteiger partial charge in [-0.3, -0.25) is 9.78 Å². The Bertz CT molecular complexity index is 1440. The Kier molecular flexibility index (Phi) is 4.03. The summed E-state index contributed by atoms with van der Waals surface area (Å²) in [5.41, 5.74) is 5.48. The molecule has 3 aliphatic heterocycles. The molecule has 34 heavy (non-hydrogen) atoms. The Labute approximate surface area is 196 Å². The Morgan fingerprint density at radius 2 is 1.91 bits per heavy atom. The van der Waals surface area contributed by atoms with E-state index in [-0.39, 0.29) is 12.5 Å². The predicted octanol–water partition coefficient (Wildman–Crippen LogP) is 3.70. The molecule has 3 aliphatic rings. The number of fused-ring (bicyclic) bond motifs is 5. The van der Waals surface area contributed by atoms with Gasteiger partial charge in [-0.1, -0.05) is 18.2 Å². The SMILES string of the molecule is O=C1N(Cc2ccccn2)c2cccc(-c3cncnc3)c2C12COc1cc3c(cc12)CCO3. The van der Waals surface area contributed by atoms with Gasteiger partial charge in [-0.05, 0) is 35.4 Å². The lowest BCUT2D eigenvalue weighted by Crippen LogP contribution is -2.42. The number of hydrogen-bond donors (Lipinski definition) is 0. The number of carbonyl (C=O) groups excluding carboxylic acids is 1. The minimum Gasteiger partial charge on any atom is -0.493 e. The number of ether oxygens (including phenoxy) is 2. The van der Waals surface area contributed by atoms with Crippen LogP contribution in [0.2, 0.25) is 0 Å². The second-order valence-electron chi connectivity index (χ2n) is 8.79. The first-order chi connectivity index (χ1) is 16.8. The third-order valence-electron chi connectivity index (χ3n) is 6.98. The number of nitrogens with zero attached hydrogens (tertiary/aromatic N) is 4. The molecule has 2 aromatic carbocycles. The number of pyridine rings is 1. The zero-order valence-electron chi connectivity index (χ0n) is 18.3. The van der Waals surface area contributed by atoms with Crippen LogP contribution in [0.15, 0.2) is 73.4 Å². The highest BCUT2D eigenvalue weighted by molar-refractivity contribution is 6.13. The second kappa shape index (κ2) is 7.12. The molecule has 4 aromatic rings. The Morgan fingerprint density at radius 1 is 1.00 bits per heavy atom. The van der Waals surface area contributed by atoms with Crippen LogP contribution >= 0.6 is 0 Å². The minimum atomic E-state index is -0.955. The Morgan fingerprint density at radius 3 is 2.76 bits per heavy atom. The lowest BCUT2D eigenvalue weighted by atomic mass is 9.74. The van der Waals surface area contributed by atoms with Crippen molar-refractivity contribution < 1.29 is 14.3 Å². The molecule has 5 heterocycles. The van der Waals surface area contributed by atoms with Crippen molar-refractivity contribution in [3.63, 3.8) is 0 Å². The average molecular weight is 448 g/mol. The van der Waals surface area contributed by atoms with E-state index < -0.39 is 5.41 Å². The third-order valence-corrected chi connectivity index (χ3v) is 6.98. The number of carbonyl (C=O) groups is 1. The minimum absolute atomic E-state index is 0.00457.